The second kappa shape index (κ2) is 7.97. The average molecular weight is 402 g/mol. The van der Waals surface area contributed by atoms with Crippen LogP contribution in [0.25, 0.3) is 0 Å². The van der Waals surface area contributed by atoms with Gasteiger partial charge in [0.2, 0.25) is 10.0 Å². The van der Waals surface area contributed by atoms with Gasteiger partial charge in [0, 0.05) is 5.69 Å². The van der Waals surface area contributed by atoms with E-state index in [9.17, 15) is 26.4 Å². The molecular formula is C17H17F3N2O4S. The van der Waals surface area contributed by atoms with Crippen LogP contribution in [-0.2, 0) is 21.0 Å². The largest absolute Gasteiger partial charge is 0.484 e. The zero-order valence-electron chi connectivity index (χ0n) is 14.4. The molecule has 2 rings (SSSR count). The molecule has 0 aliphatic carbocycles. The molecule has 146 valence electrons. The van der Waals surface area contributed by atoms with Crippen LogP contribution < -0.4 is 14.8 Å². The standard InChI is InChI=1S/C17H17F3N2O4S/c1-11-6-7-13(9-15(11)27(24,25)21-2)22-16(23)10-26-14-5-3-4-12(8-14)17(18,19)20/h3-9,21H,10H2,1-2H3,(H,22,23). The number of anilines is 1. The van der Waals surface area contributed by atoms with Crippen LogP contribution in [0.4, 0.5) is 18.9 Å². The molecule has 0 spiro atoms. The van der Waals surface area contributed by atoms with Crippen LogP contribution in [0.2, 0.25) is 0 Å². The minimum absolute atomic E-state index is 0.00148. The normalized spacial score (nSPS) is 11.9. The van der Waals surface area contributed by atoms with Crippen molar-refractivity contribution < 1.29 is 31.1 Å². The van der Waals surface area contributed by atoms with Gasteiger partial charge in [0.1, 0.15) is 5.75 Å². The van der Waals surface area contributed by atoms with E-state index in [1.807, 2.05) is 0 Å². The van der Waals surface area contributed by atoms with E-state index in [-0.39, 0.29) is 16.3 Å². The van der Waals surface area contributed by atoms with Crippen molar-refractivity contribution in [2.45, 2.75) is 18.0 Å². The lowest BCUT2D eigenvalue weighted by atomic mass is 10.2. The summed E-state index contributed by atoms with van der Waals surface area (Å²) in [5, 5.41) is 2.44. The Kier molecular flexibility index (Phi) is 6.11. The summed E-state index contributed by atoms with van der Waals surface area (Å²) in [6, 6.07) is 8.46. The molecule has 0 bridgehead atoms. The first-order valence-corrected chi connectivity index (χ1v) is 9.15. The Morgan fingerprint density at radius 2 is 1.85 bits per heavy atom. The molecule has 2 N–H and O–H groups in total. The number of alkyl halides is 3. The Hall–Kier alpha value is -2.59. The molecule has 0 aromatic heterocycles. The van der Waals surface area contributed by atoms with Gasteiger partial charge in [-0.2, -0.15) is 13.2 Å². The quantitative estimate of drug-likeness (QED) is 0.778. The molecule has 1 amide bonds. The minimum Gasteiger partial charge on any atom is -0.484 e. The molecule has 0 aliphatic rings. The number of benzene rings is 2. The lowest BCUT2D eigenvalue weighted by Gasteiger charge is -2.12. The van der Waals surface area contributed by atoms with E-state index in [0.717, 1.165) is 12.1 Å². The molecule has 0 unspecified atom stereocenters. The summed E-state index contributed by atoms with van der Waals surface area (Å²) >= 11 is 0. The zero-order chi connectivity index (χ0) is 20.2. The number of aryl methyl sites for hydroxylation is 1. The highest BCUT2D eigenvalue weighted by Crippen LogP contribution is 2.31. The molecule has 2 aromatic rings. The van der Waals surface area contributed by atoms with Crippen LogP contribution in [0.15, 0.2) is 47.4 Å². The van der Waals surface area contributed by atoms with Crippen LogP contribution in [0.5, 0.6) is 5.75 Å². The fourth-order valence-corrected chi connectivity index (χ4v) is 3.18. The molecule has 0 radical (unpaired) electrons. The van der Waals surface area contributed by atoms with E-state index < -0.39 is 34.3 Å². The van der Waals surface area contributed by atoms with Crippen molar-refractivity contribution in [1.29, 1.82) is 0 Å². The summed E-state index contributed by atoms with van der Waals surface area (Å²) in [7, 11) is -2.43. The molecule has 0 fully saturated rings. The number of hydrogen-bond donors (Lipinski definition) is 2. The van der Waals surface area contributed by atoms with Crippen molar-refractivity contribution in [2.24, 2.45) is 0 Å². The first kappa shape index (κ1) is 20.7. The van der Waals surface area contributed by atoms with Gasteiger partial charge >= 0.3 is 6.18 Å². The number of carbonyl (C=O) groups excluding carboxylic acids is 1. The third kappa shape index (κ3) is 5.44. The summed E-state index contributed by atoms with van der Waals surface area (Å²) in [6.45, 7) is 1.07. The number of hydrogen-bond acceptors (Lipinski definition) is 4. The summed E-state index contributed by atoms with van der Waals surface area (Å²) in [4.78, 5) is 12.0. The molecule has 0 saturated carbocycles. The van der Waals surface area contributed by atoms with Gasteiger partial charge in [-0.05, 0) is 49.9 Å². The summed E-state index contributed by atoms with van der Waals surface area (Å²) in [6.07, 6.45) is -4.52. The molecule has 2 aromatic carbocycles. The van der Waals surface area contributed by atoms with Crippen LogP contribution in [0.3, 0.4) is 0 Å². The zero-order valence-corrected chi connectivity index (χ0v) is 15.2. The first-order valence-electron chi connectivity index (χ1n) is 7.67. The highest BCUT2D eigenvalue weighted by Gasteiger charge is 2.30. The lowest BCUT2D eigenvalue weighted by molar-refractivity contribution is -0.137. The van der Waals surface area contributed by atoms with Gasteiger partial charge in [-0.15, -0.1) is 0 Å². The van der Waals surface area contributed by atoms with Crippen LogP contribution in [0.1, 0.15) is 11.1 Å². The van der Waals surface area contributed by atoms with E-state index in [2.05, 4.69) is 10.0 Å². The summed E-state index contributed by atoms with van der Waals surface area (Å²) < 4.78 is 69.1. The lowest BCUT2D eigenvalue weighted by Crippen LogP contribution is -2.22. The van der Waals surface area contributed by atoms with Gasteiger partial charge in [0.15, 0.2) is 6.61 Å². The molecule has 6 nitrogen and oxygen atoms in total. The highest BCUT2D eigenvalue weighted by atomic mass is 32.2. The topological polar surface area (TPSA) is 84.5 Å². The molecular weight excluding hydrogens is 385 g/mol. The number of halogens is 3. The van der Waals surface area contributed by atoms with Crippen molar-refractivity contribution in [3.05, 3.63) is 53.6 Å². The van der Waals surface area contributed by atoms with Crippen molar-refractivity contribution in [2.75, 3.05) is 19.0 Å². The SMILES string of the molecule is CNS(=O)(=O)c1cc(NC(=O)COc2cccc(C(F)(F)F)c2)ccc1C. The van der Waals surface area contributed by atoms with Crippen molar-refractivity contribution >= 4 is 21.6 Å². The first-order chi connectivity index (χ1) is 12.5. The van der Waals surface area contributed by atoms with Crippen molar-refractivity contribution in [3.63, 3.8) is 0 Å². The highest BCUT2D eigenvalue weighted by molar-refractivity contribution is 7.89. The molecule has 0 atom stereocenters. The monoisotopic (exact) mass is 402 g/mol. The van der Waals surface area contributed by atoms with Crippen LogP contribution in [0, 0.1) is 6.92 Å². The number of sulfonamides is 1. The van der Waals surface area contributed by atoms with Crippen LogP contribution in [-0.4, -0.2) is 28.0 Å². The van der Waals surface area contributed by atoms with Crippen molar-refractivity contribution in [1.82, 2.24) is 4.72 Å². The fourth-order valence-electron chi connectivity index (χ4n) is 2.19. The average Bonchev–Trinajstić information content (AvgIpc) is 2.61. The Morgan fingerprint density at radius 1 is 1.15 bits per heavy atom. The molecule has 10 heteroatoms. The summed E-state index contributed by atoms with van der Waals surface area (Å²) in [5.41, 5.74) is -0.185. The van der Waals surface area contributed by atoms with E-state index >= 15 is 0 Å². The van der Waals surface area contributed by atoms with E-state index in [0.29, 0.717) is 5.56 Å². The maximum atomic E-state index is 12.7. The Balaban J connectivity index is 2.06. The minimum atomic E-state index is -4.52. The van der Waals surface area contributed by atoms with E-state index in [4.69, 9.17) is 4.74 Å². The smallest absolute Gasteiger partial charge is 0.416 e. The Bertz CT molecular complexity index is 943. The van der Waals surface area contributed by atoms with Gasteiger partial charge in [0.05, 0.1) is 10.5 Å². The van der Waals surface area contributed by atoms with Gasteiger partial charge in [-0.3, -0.25) is 4.79 Å². The second-order valence-corrected chi connectivity index (χ2v) is 7.41. The molecule has 0 aliphatic heterocycles. The van der Waals surface area contributed by atoms with Gasteiger partial charge in [0.25, 0.3) is 5.91 Å². The number of amides is 1. The van der Waals surface area contributed by atoms with Gasteiger partial charge in [-0.25, -0.2) is 13.1 Å². The second-order valence-electron chi connectivity index (χ2n) is 5.55. The fraction of sp³-hybridized carbons (Fsp3) is 0.235. The third-order valence-corrected chi connectivity index (χ3v) is 5.12. The number of rotatable bonds is 6. The molecule has 0 saturated heterocycles. The number of carbonyl (C=O) groups is 1. The molecule has 27 heavy (non-hydrogen) atoms. The number of nitrogens with one attached hydrogen (secondary N) is 2. The third-order valence-electron chi connectivity index (χ3n) is 3.56. The summed E-state index contributed by atoms with van der Waals surface area (Å²) in [5.74, 6) is -0.758. The Labute approximate surface area is 154 Å². The predicted octanol–water partition coefficient (Wildman–Crippen LogP) is 2.94. The predicted molar refractivity (Wildman–Crippen MR) is 93.0 cm³/mol. The van der Waals surface area contributed by atoms with Gasteiger partial charge in [-0.1, -0.05) is 12.1 Å². The van der Waals surface area contributed by atoms with Crippen molar-refractivity contribution in [3.8, 4) is 5.75 Å². The Morgan fingerprint density at radius 3 is 2.48 bits per heavy atom. The van der Waals surface area contributed by atoms with E-state index in [1.54, 1.807) is 6.92 Å². The maximum Gasteiger partial charge on any atom is 0.416 e. The maximum absolute atomic E-state index is 12.7. The van der Waals surface area contributed by atoms with Crippen LogP contribution >= 0.6 is 0 Å². The molecule has 0 heterocycles. The van der Waals surface area contributed by atoms with E-state index in [1.165, 1.54) is 37.4 Å². The van der Waals surface area contributed by atoms with Gasteiger partial charge < -0.3 is 10.1 Å². The number of ether oxygens (including phenoxy) is 1.